The summed E-state index contributed by atoms with van der Waals surface area (Å²) in [5.41, 5.74) is 3.36. The Balaban J connectivity index is 2.08. The molecular weight excluding hydrogens is 296 g/mol. The first-order valence-electron chi connectivity index (χ1n) is 9.03. The highest BCUT2D eigenvalue weighted by Crippen LogP contribution is 2.80. The maximum atomic E-state index is 13.5. The Hall–Kier alpha value is -1.70. The lowest BCUT2D eigenvalue weighted by molar-refractivity contribution is 0.0544. The van der Waals surface area contributed by atoms with Gasteiger partial charge in [-0.05, 0) is 25.7 Å². The minimum absolute atomic E-state index is 0.0726. The standard InChI is InChI=1S/C22H26O2/c1-7-20(4)21(5)12(2)13(3)22(20,6)17-16(21)18(23)14-10-8-9-11-15(14)19(17)24/h8-11,16-17H,7H2,1-6H3/t16-,17+,20?,21+,22-. The van der Waals surface area contributed by atoms with E-state index < -0.39 is 0 Å². The summed E-state index contributed by atoms with van der Waals surface area (Å²) < 4.78 is 0. The maximum Gasteiger partial charge on any atom is 0.168 e. The van der Waals surface area contributed by atoms with Crippen molar-refractivity contribution in [3.63, 3.8) is 0 Å². The van der Waals surface area contributed by atoms with E-state index in [1.165, 1.54) is 11.1 Å². The van der Waals surface area contributed by atoms with Crippen LogP contribution in [0.25, 0.3) is 0 Å². The highest BCUT2D eigenvalue weighted by Gasteiger charge is 2.78. The first-order valence-corrected chi connectivity index (χ1v) is 9.03. The smallest absolute Gasteiger partial charge is 0.168 e. The van der Waals surface area contributed by atoms with E-state index in [1.54, 1.807) is 0 Å². The summed E-state index contributed by atoms with van der Waals surface area (Å²) >= 11 is 0. The summed E-state index contributed by atoms with van der Waals surface area (Å²) in [5, 5.41) is 0. The topological polar surface area (TPSA) is 34.1 Å². The van der Waals surface area contributed by atoms with Crippen LogP contribution in [0.4, 0.5) is 0 Å². The van der Waals surface area contributed by atoms with Gasteiger partial charge in [0.15, 0.2) is 11.6 Å². The number of allylic oxidation sites excluding steroid dienone is 2. The third-order valence-electron chi connectivity index (χ3n) is 8.72. The largest absolute Gasteiger partial charge is 0.294 e. The molecule has 126 valence electrons. The highest BCUT2D eigenvalue weighted by atomic mass is 16.1. The maximum absolute atomic E-state index is 13.5. The fourth-order valence-corrected chi connectivity index (χ4v) is 6.78. The van der Waals surface area contributed by atoms with E-state index in [0.717, 1.165) is 6.42 Å². The van der Waals surface area contributed by atoms with E-state index in [1.807, 2.05) is 24.3 Å². The molecule has 2 heteroatoms. The molecule has 0 heterocycles. The summed E-state index contributed by atoms with van der Waals surface area (Å²) in [7, 11) is 0. The Morgan fingerprint density at radius 1 is 0.833 bits per heavy atom. The zero-order valence-corrected chi connectivity index (χ0v) is 15.5. The number of hydrogen-bond donors (Lipinski definition) is 0. The average Bonchev–Trinajstić information content (AvgIpc) is 2.82. The van der Waals surface area contributed by atoms with Crippen LogP contribution in [0.5, 0.6) is 0 Å². The van der Waals surface area contributed by atoms with Gasteiger partial charge in [-0.3, -0.25) is 9.59 Å². The number of Topliss-reactive ketones (excluding diaryl/α,β-unsaturated/α-hetero) is 2. The molecule has 1 fully saturated rings. The van der Waals surface area contributed by atoms with Gasteiger partial charge in [-0.2, -0.15) is 0 Å². The lowest BCUT2D eigenvalue weighted by Crippen LogP contribution is -2.46. The van der Waals surface area contributed by atoms with Crippen LogP contribution in [0, 0.1) is 28.1 Å². The van der Waals surface area contributed by atoms with Crippen LogP contribution in [0.1, 0.15) is 68.7 Å². The number of hydrogen-bond acceptors (Lipinski definition) is 2. The van der Waals surface area contributed by atoms with E-state index in [-0.39, 0.29) is 39.6 Å². The fourth-order valence-electron chi connectivity index (χ4n) is 6.78. The normalized spacial score (nSPS) is 43.2. The minimum Gasteiger partial charge on any atom is -0.294 e. The second kappa shape index (κ2) is 4.28. The fraction of sp³-hybridized carbons (Fsp3) is 0.545. The molecule has 0 saturated heterocycles. The van der Waals surface area contributed by atoms with Gasteiger partial charge in [-0.25, -0.2) is 0 Å². The van der Waals surface area contributed by atoms with Gasteiger partial charge in [-0.15, -0.1) is 0 Å². The monoisotopic (exact) mass is 322 g/mol. The van der Waals surface area contributed by atoms with Gasteiger partial charge in [0.25, 0.3) is 0 Å². The number of fused-ring (bicyclic) bond motifs is 6. The van der Waals surface area contributed by atoms with Crippen LogP contribution in [-0.2, 0) is 0 Å². The molecule has 1 aromatic carbocycles. The molecule has 0 aromatic heterocycles. The van der Waals surface area contributed by atoms with E-state index in [0.29, 0.717) is 11.1 Å². The van der Waals surface area contributed by atoms with Crippen molar-refractivity contribution in [3.05, 3.63) is 46.5 Å². The van der Waals surface area contributed by atoms with Crippen molar-refractivity contribution in [2.75, 3.05) is 0 Å². The van der Waals surface area contributed by atoms with Crippen LogP contribution >= 0.6 is 0 Å². The summed E-state index contributed by atoms with van der Waals surface area (Å²) in [6, 6.07) is 7.40. The van der Waals surface area contributed by atoms with Crippen molar-refractivity contribution in [2.45, 2.75) is 48.0 Å². The summed E-state index contributed by atoms with van der Waals surface area (Å²) in [4.78, 5) is 26.9. The van der Waals surface area contributed by atoms with Crippen molar-refractivity contribution in [3.8, 4) is 0 Å². The average molecular weight is 322 g/mol. The quantitative estimate of drug-likeness (QED) is 0.675. The number of ketones is 2. The number of benzene rings is 1. The molecule has 1 aromatic rings. The zero-order chi connectivity index (χ0) is 17.7. The third kappa shape index (κ3) is 1.23. The van der Waals surface area contributed by atoms with Gasteiger partial charge >= 0.3 is 0 Å². The van der Waals surface area contributed by atoms with Crippen molar-refractivity contribution in [1.29, 1.82) is 0 Å². The Morgan fingerprint density at radius 3 is 1.54 bits per heavy atom. The zero-order valence-electron chi connectivity index (χ0n) is 15.5. The molecule has 0 aliphatic heterocycles. The Morgan fingerprint density at radius 2 is 1.21 bits per heavy atom. The SMILES string of the molecule is CCC1(C)[C@@]2(C)C(C)=C(C)[C@]1(C)[C@@H]1C(=O)c3ccccc3C(=O)[C@@H]12. The molecule has 0 N–H and O–H groups in total. The van der Waals surface area contributed by atoms with Crippen LogP contribution < -0.4 is 0 Å². The van der Waals surface area contributed by atoms with Gasteiger partial charge in [0.05, 0.1) is 0 Å². The van der Waals surface area contributed by atoms with E-state index in [9.17, 15) is 9.59 Å². The van der Waals surface area contributed by atoms with Crippen molar-refractivity contribution in [1.82, 2.24) is 0 Å². The van der Waals surface area contributed by atoms with E-state index in [4.69, 9.17) is 0 Å². The Kier molecular flexibility index (Phi) is 2.82. The summed E-state index contributed by atoms with van der Waals surface area (Å²) in [5.74, 6) is -0.0991. The Bertz CT molecular complexity index is 767. The number of carbonyl (C=O) groups excluding carboxylic acids is 2. The van der Waals surface area contributed by atoms with Crippen LogP contribution in [0.3, 0.4) is 0 Å². The molecule has 1 unspecified atom stereocenters. The van der Waals surface area contributed by atoms with Gasteiger partial charge in [0, 0.05) is 33.8 Å². The predicted molar refractivity (Wildman–Crippen MR) is 95.1 cm³/mol. The van der Waals surface area contributed by atoms with Crippen LogP contribution in [0.2, 0.25) is 0 Å². The first kappa shape index (κ1) is 15.8. The molecule has 0 amide bonds. The van der Waals surface area contributed by atoms with Crippen molar-refractivity contribution in [2.24, 2.45) is 28.1 Å². The van der Waals surface area contributed by atoms with Gasteiger partial charge in [0.1, 0.15) is 0 Å². The van der Waals surface area contributed by atoms with Crippen molar-refractivity contribution < 1.29 is 9.59 Å². The molecule has 0 spiro atoms. The lowest BCUT2D eigenvalue weighted by Gasteiger charge is -2.44. The third-order valence-corrected chi connectivity index (χ3v) is 8.72. The minimum atomic E-state index is -0.245. The molecule has 3 aliphatic carbocycles. The van der Waals surface area contributed by atoms with Crippen LogP contribution in [-0.4, -0.2) is 11.6 Å². The second-order valence-electron chi connectivity index (χ2n) is 8.57. The van der Waals surface area contributed by atoms with E-state index >= 15 is 0 Å². The molecule has 2 bridgehead atoms. The lowest BCUT2D eigenvalue weighted by atomic mass is 9.58. The molecule has 2 nitrogen and oxygen atoms in total. The first-order chi connectivity index (χ1) is 11.2. The summed E-state index contributed by atoms with van der Waals surface area (Å²) in [6.07, 6.45) is 0.971. The van der Waals surface area contributed by atoms with Crippen molar-refractivity contribution >= 4 is 11.6 Å². The van der Waals surface area contributed by atoms with Gasteiger partial charge in [-0.1, -0.05) is 63.1 Å². The van der Waals surface area contributed by atoms with E-state index in [2.05, 4.69) is 41.5 Å². The number of rotatable bonds is 1. The predicted octanol–water partition coefficient (Wildman–Crippen LogP) is 5.09. The number of carbonyl (C=O) groups is 2. The van der Waals surface area contributed by atoms with Gasteiger partial charge in [0.2, 0.25) is 0 Å². The molecule has 1 saturated carbocycles. The van der Waals surface area contributed by atoms with Gasteiger partial charge < -0.3 is 0 Å². The molecule has 0 radical (unpaired) electrons. The molecule has 24 heavy (non-hydrogen) atoms. The van der Waals surface area contributed by atoms with Crippen LogP contribution in [0.15, 0.2) is 35.4 Å². The molecule has 3 aliphatic rings. The highest BCUT2D eigenvalue weighted by molar-refractivity contribution is 6.17. The molecule has 5 atom stereocenters. The molecule has 4 rings (SSSR count). The second-order valence-corrected chi connectivity index (χ2v) is 8.57. The molecular formula is C22H26O2. The summed E-state index contributed by atoms with van der Waals surface area (Å²) in [6.45, 7) is 13.4. The Labute approximate surface area is 144 Å².